The molecule has 0 fully saturated rings. The van der Waals surface area contributed by atoms with Gasteiger partial charge in [-0.05, 0) is 44.5 Å². The minimum atomic E-state index is 0. The maximum atomic E-state index is 4.89. The predicted octanol–water partition coefficient (Wildman–Crippen LogP) is 15.4. The van der Waals surface area contributed by atoms with Gasteiger partial charge in [-0.25, -0.2) is 49.9 Å². The van der Waals surface area contributed by atoms with Gasteiger partial charge in [0.2, 0.25) is 0 Å². The Hall–Kier alpha value is -6.12. The van der Waals surface area contributed by atoms with Gasteiger partial charge in [-0.3, -0.25) is 22.7 Å². The predicted molar refractivity (Wildman–Crippen MR) is 231 cm³/mol. The van der Waals surface area contributed by atoms with Crippen molar-refractivity contribution < 1.29 is 34.1 Å². The molecule has 0 unspecified atom stereocenters. The van der Waals surface area contributed by atoms with Crippen LogP contribution < -0.4 is 0 Å². The first-order valence-corrected chi connectivity index (χ1v) is 17.9. The van der Waals surface area contributed by atoms with E-state index in [0.29, 0.717) is 0 Å². The van der Waals surface area contributed by atoms with Crippen LogP contribution in [0.3, 0.4) is 0 Å². The molecule has 0 saturated carbocycles. The van der Waals surface area contributed by atoms with E-state index in [1.807, 2.05) is 97.1 Å². The molecule has 0 aliphatic carbocycles. The molecule has 2 radical (unpaired) electrons. The molecular weight excluding hydrogens is 780 g/mol. The van der Waals surface area contributed by atoms with Crippen molar-refractivity contribution in [2.24, 2.45) is 0 Å². The fourth-order valence-corrected chi connectivity index (χ4v) is 6.17. The summed E-state index contributed by atoms with van der Waals surface area (Å²) in [5.41, 5.74) is 16.3. The number of hydrogen-bond donors (Lipinski definition) is 0. The van der Waals surface area contributed by atoms with Gasteiger partial charge in [-0.15, -0.1) is 48.5 Å². The van der Waals surface area contributed by atoms with Crippen molar-refractivity contribution in [1.29, 1.82) is 0 Å². The first kappa shape index (κ1) is 41.1. The van der Waals surface area contributed by atoms with Gasteiger partial charge in [0, 0.05) is 34.1 Å². The molecule has 8 aromatic carbocycles. The number of nitrogens with zero attached hydrogens (tertiary/aromatic N) is 2. The summed E-state index contributed by atoms with van der Waals surface area (Å²) < 4.78 is 0. The van der Waals surface area contributed by atoms with E-state index in [-0.39, 0.29) is 34.1 Å². The fraction of sp³-hybridized carbons (Fsp3) is 0. The monoisotopic (exact) mass is 818 g/mol. The zero-order valence-corrected chi connectivity index (χ0v) is 32.7. The molecule has 0 aromatic heterocycles. The van der Waals surface area contributed by atoms with Crippen LogP contribution in [-0.4, -0.2) is 0 Å². The molecule has 0 aliphatic rings. The molecule has 0 N–H and O–H groups in total. The Bertz CT molecular complexity index is 2110. The summed E-state index contributed by atoms with van der Waals surface area (Å²) in [5, 5.41) is 9.78. The van der Waals surface area contributed by atoms with E-state index in [0.717, 1.165) is 67.3 Å². The molecule has 0 atom stereocenters. The normalized spacial score (nSPS) is 10.1. The number of hydrogen-bond acceptors (Lipinski definition) is 0. The van der Waals surface area contributed by atoms with Gasteiger partial charge >= 0.3 is 0 Å². The van der Waals surface area contributed by atoms with Gasteiger partial charge in [0.1, 0.15) is 0 Å². The number of rotatable bonds is 8. The molecule has 0 heterocycles. The second-order valence-corrected chi connectivity index (χ2v) is 13.1. The van der Waals surface area contributed by atoms with E-state index in [4.69, 9.17) is 10.6 Å². The molecule has 0 amide bonds. The molecule has 56 heavy (non-hydrogen) atoms. The van der Waals surface area contributed by atoms with Crippen LogP contribution in [0.2, 0.25) is 0 Å². The summed E-state index contributed by atoms with van der Waals surface area (Å²) in [7, 11) is 0. The first-order chi connectivity index (χ1) is 26.4. The Kier molecular flexibility index (Phi) is 14.3. The summed E-state index contributed by atoms with van der Waals surface area (Å²) in [6, 6.07) is 66.0. The van der Waals surface area contributed by atoms with E-state index >= 15 is 0 Å². The van der Waals surface area contributed by atoms with E-state index < -0.39 is 0 Å². The largest absolute Gasteiger partial charge is 0.774 e. The van der Waals surface area contributed by atoms with E-state index in [2.05, 4.69) is 125 Å². The molecule has 4 heteroatoms. The van der Waals surface area contributed by atoms with Crippen LogP contribution in [0.4, 0.5) is 22.7 Å². The van der Waals surface area contributed by atoms with Gasteiger partial charge in [-0.2, -0.15) is 24.3 Å². The van der Waals surface area contributed by atoms with E-state index in [1.165, 1.54) is 22.3 Å². The molecule has 8 rings (SSSR count). The van der Waals surface area contributed by atoms with Crippen LogP contribution in [-0.2, 0) is 34.1 Å². The van der Waals surface area contributed by atoms with E-state index in [9.17, 15) is 0 Å². The number of benzene rings is 8. The average molecular weight is 820 g/mol. The Balaban J connectivity index is 0.000000207. The van der Waals surface area contributed by atoms with Crippen molar-refractivity contribution in [2.75, 3.05) is 0 Å². The summed E-state index contributed by atoms with van der Waals surface area (Å²) in [6.45, 7) is 16.6. The van der Waals surface area contributed by atoms with Crippen LogP contribution in [0.1, 0.15) is 22.3 Å². The first-order valence-electron chi connectivity index (χ1n) is 17.9. The van der Waals surface area contributed by atoms with Gasteiger partial charge in [0.25, 0.3) is 0 Å². The Morgan fingerprint density at radius 1 is 0.232 bits per heavy atom. The molecular formula is C52H40Cu2N2-6. The quantitative estimate of drug-likeness (QED) is 0.108. The second kappa shape index (κ2) is 19.5. The van der Waals surface area contributed by atoms with Crippen molar-refractivity contribution in [3.05, 3.63) is 255 Å². The van der Waals surface area contributed by atoms with Crippen molar-refractivity contribution in [3.8, 4) is 44.5 Å². The maximum Gasteiger partial charge on any atom is 0 e. The summed E-state index contributed by atoms with van der Waals surface area (Å²) in [5.74, 6) is 0. The zero-order chi connectivity index (χ0) is 37.3. The van der Waals surface area contributed by atoms with E-state index in [1.54, 1.807) is 0 Å². The van der Waals surface area contributed by atoms with Crippen molar-refractivity contribution in [1.82, 2.24) is 0 Å². The van der Waals surface area contributed by atoms with Gasteiger partial charge < -0.3 is 10.6 Å². The third-order valence-electron chi connectivity index (χ3n) is 9.25. The van der Waals surface area contributed by atoms with Crippen LogP contribution in [0.15, 0.2) is 194 Å². The molecule has 0 bridgehead atoms. The fourth-order valence-electron chi connectivity index (χ4n) is 6.17. The molecule has 0 spiro atoms. The standard InChI is InChI=1S/2C26H20N.2Cu/c2*1-19-13-15-23(21-9-5-3-6-10-21)17-25(19)27-26-18-24(16-14-20(26)2)22-11-7-4-8-12-22;;/h2*3-18H,1-2H2;;/q2*-3;;. The average Bonchev–Trinajstić information content (AvgIpc) is 3.22. The minimum Gasteiger partial charge on any atom is -0.774 e. The van der Waals surface area contributed by atoms with Crippen LogP contribution in [0, 0.1) is 27.7 Å². The second-order valence-electron chi connectivity index (χ2n) is 13.1. The van der Waals surface area contributed by atoms with Crippen molar-refractivity contribution in [2.45, 2.75) is 0 Å². The van der Waals surface area contributed by atoms with Crippen LogP contribution in [0.5, 0.6) is 0 Å². The Morgan fingerprint density at radius 2 is 0.429 bits per heavy atom. The Labute approximate surface area is 354 Å². The van der Waals surface area contributed by atoms with Crippen molar-refractivity contribution >= 4 is 22.7 Å². The SMILES string of the molecule is [CH2-]c1ccc(-c2ccccc2)cc1[N-]c1cc(-c2ccccc2)ccc1[CH2-].[CH2-]c1ccc(-c2ccccc2)cc1[N-]c1cc(-c2ccccc2)ccc1[CH2-].[Cu].[Cu]. The molecule has 2 nitrogen and oxygen atoms in total. The Morgan fingerprint density at radius 3 is 0.625 bits per heavy atom. The molecule has 8 aromatic rings. The van der Waals surface area contributed by atoms with Gasteiger partial charge in [0.15, 0.2) is 0 Å². The maximum absolute atomic E-state index is 4.89. The van der Waals surface area contributed by atoms with Gasteiger partial charge in [-0.1, -0.05) is 121 Å². The smallest absolute Gasteiger partial charge is 0 e. The van der Waals surface area contributed by atoms with Crippen LogP contribution >= 0.6 is 0 Å². The van der Waals surface area contributed by atoms with Crippen molar-refractivity contribution in [3.63, 3.8) is 0 Å². The third-order valence-corrected chi connectivity index (χ3v) is 9.25. The zero-order valence-electron chi connectivity index (χ0n) is 30.8. The van der Waals surface area contributed by atoms with Crippen LogP contribution in [0.25, 0.3) is 55.1 Å². The third kappa shape index (κ3) is 10.1. The summed E-state index contributed by atoms with van der Waals surface area (Å²) in [4.78, 5) is 0. The molecule has 0 aliphatic heterocycles. The summed E-state index contributed by atoms with van der Waals surface area (Å²) >= 11 is 0. The molecule has 0 saturated heterocycles. The van der Waals surface area contributed by atoms with Gasteiger partial charge in [0.05, 0.1) is 0 Å². The topological polar surface area (TPSA) is 28.2 Å². The summed E-state index contributed by atoms with van der Waals surface area (Å²) in [6.07, 6.45) is 0. The minimum absolute atomic E-state index is 0. The molecule has 286 valence electrons.